The smallest absolute Gasteiger partial charge is 0.250 e. The first kappa shape index (κ1) is 24.2. The molecule has 0 radical (unpaired) electrons. The van der Waals surface area contributed by atoms with Gasteiger partial charge in [0.15, 0.2) is 5.82 Å². The lowest BCUT2D eigenvalue weighted by molar-refractivity contribution is 0.0876. The number of fused-ring (bicyclic) bond motifs is 1. The van der Waals surface area contributed by atoms with Crippen LogP contribution < -0.4 is 15.5 Å². The molecule has 190 valence electrons. The van der Waals surface area contributed by atoms with Gasteiger partial charge >= 0.3 is 0 Å². The van der Waals surface area contributed by atoms with Crippen LogP contribution in [0.3, 0.4) is 0 Å². The second-order valence-electron chi connectivity index (χ2n) is 9.85. The van der Waals surface area contributed by atoms with Crippen LogP contribution in [0.4, 0.5) is 20.3 Å². The maximum absolute atomic E-state index is 15.6. The number of benzene rings is 1. The van der Waals surface area contributed by atoms with Gasteiger partial charge in [0.2, 0.25) is 0 Å². The van der Waals surface area contributed by atoms with E-state index < -0.39 is 11.6 Å². The quantitative estimate of drug-likeness (QED) is 0.579. The molecule has 1 aromatic carbocycles. The number of carbonyl (C=O) groups is 1. The summed E-state index contributed by atoms with van der Waals surface area (Å²) in [5.74, 6) is -1.04. The number of halogens is 2. The van der Waals surface area contributed by atoms with Crippen molar-refractivity contribution < 1.29 is 13.6 Å². The molecule has 1 saturated heterocycles. The van der Waals surface area contributed by atoms with Crippen LogP contribution in [-0.2, 0) is 0 Å². The van der Waals surface area contributed by atoms with E-state index in [0.29, 0.717) is 16.9 Å². The molecular weight excluding hydrogens is 464 g/mol. The van der Waals surface area contributed by atoms with Gasteiger partial charge in [-0.25, -0.2) is 8.78 Å². The zero-order valence-corrected chi connectivity index (χ0v) is 20.8. The Hall–Kier alpha value is -3.53. The molecule has 3 aliphatic rings. The maximum Gasteiger partial charge on any atom is 0.250 e. The predicted octanol–water partition coefficient (Wildman–Crippen LogP) is 4.40. The van der Waals surface area contributed by atoms with Crippen LogP contribution in [-0.4, -0.2) is 58.6 Å². The number of nitrogens with zero attached hydrogens (tertiary/aromatic N) is 5. The van der Waals surface area contributed by atoms with E-state index >= 15 is 4.39 Å². The molecule has 10 heteroatoms. The molecule has 8 nitrogen and oxygen atoms in total. The first-order valence-electron chi connectivity index (χ1n) is 12.3. The monoisotopic (exact) mass is 495 g/mol. The van der Waals surface area contributed by atoms with Crippen LogP contribution in [0.25, 0.3) is 10.9 Å². The number of rotatable bonds is 6. The average molecular weight is 496 g/mol. The lowest BCUT2D eigenvalue weighted by atomic mass is 10.1. The third-order valence-electron chi connectivity index (χ3n) is 6.66. The molecule has 0 amide bonds. The van der Waals surface area contributed by atoms with Crippen molar-refractivity contribution in [1.82, 2.24) is 20.1 Å². The molecule has 36 heavy (non-hydrogen) atoms. The molecule has 5 rings (SSSR count). The van der Waals surface area contributed by atoms with Crippen LogP contribution in [0.5, 0.6) is 0 Å². The second kappa shape index (κ2) is 9.50. The number of aromatic nitrogens is 2. The third-order valence-corrected chi connectivity index (χ3v) is 6.66. The largest absolute Gasteiger partial charge is 0.368 e. The number of carbonyl (C=O) groups excluding carboxylic acids is 1. The molecule has 2 fully saturated rings. The van der Waals surface area contributed by atoms with Crippen molar-refractivity contribution in [1.29, 1.82) is 0 Å². The van der Waals surface area contributed by atoms with Crippen LogP contribution >= 0.6 is 0 Å². The number of anilines is 2. The minimum atomic E-state index is -0.504. The molecule has 2 N–H and O–H groups in total. The SMILES string of the molecule is C=CN(C)/N=C1\CC=C(Nc2nn(C(=O)C3CC3)c3cc(N4CC(C)NC(C)C4)cc(F)c23)C=C1F. The Morgan fingerprint density at radius 3 is 2.64 bits per heavy atom. The van der Waals surface area contributed by atoms with Gasteiger partial charge in [-0.15, -0.1) is 5.10 Å². The van der Waals surface area contributed by atoms with E-state index in [4.69, 9.17) is 0 Å². The highest BCUT2D eigenvalue weighted by Crippen LogP contribution is 2.36. The van der Waals surface area contributed by atoms with Crippen molar-refractivity contribution in [3.63, 3.8) is 0 Å². The van der Waals surface area contributed by atoms with Crippen molar-refractivity contribution in [3.8, 4) is 0 Å². The summed E-state index contributed by atoms with van der Waals surface area (Å²) in [5, 5.41) is 16.8. The Morgan fingerprint density at radius 2 is 2.00 bits per heavy atom. The molecule has 1 aliphatic heterocycles. The molecule has 2 aliphatic carbocycles. The van der Waals surface area contributed by atoms with Gasteiger partial charge < -0.3 is 15.5 Å². The minimum Gasteiger partial charge on any atom is -0.368 e. The zero-order valence-electron chi connectivity index (χ0n) is 20.8. The molecule has 0 spiro atoms. The summed E-state index contributed by atoms with van der Waals surface area (Å²) in [6.07, 6.45) is 6.38. The Kier molecular flexibility index (Phi) is 6.38. The zero-order chi connectivity index (χ0) is 25.6. The third kappa shape index (κ3) is 4.77. The van der Waals surface area contributed by atoms with Gasteiger partial charge in [-0.05, 0) is 44.9 Å². The molecule has 2 heterocycles. The van der Waals surface area contributed by atoms with Crippen LogP contribution in [0, 0.1) is 11.7 Å². The summed E-state index contributed by atoms with van der Waals surface area (Å²) in [4.78, 5) is 15.2. The normalized spacial score (nSPS) is 23.5. The van der Waals surface area contributed by atoms with Crippen LogP contribution in [0.1, 0.15) is 37.9 Å². The molecule has 0 bridgehead atoms. The van der Waals surface area contributed by atoms with E-state index in [0.717, 1.165) is 25.9 Å². The van der Waals surface area contributed by atoms with Crippen LogP contribution in [0.2, 0.25) is 0 Å². The number of nitrogens with one attached hydrogen (secondary N) is 2. The van der Waals surface area contributed by atoms with Crippen molar-refractivity contribution in [2.24, 2.45) is 11.0 Å². The van der Waals surface area contributed by atoms with Crippen LogP contribution in [0.15, 0.2) is 53.7 Å². The van der Waals surface area contributed by atoms with Gasteiger partial charge in [0.05, 0.1) is 10.9 Å². The molecule has 2 aromatic rings. The lowest BCUT2D eigenvalue weighted by Crippen LogP contribution is -2.54. The summed E-state index contributed by atoms with van der Waals surface area (Å²) in [5.41, 5.74) is 1.81. The van der Waals surface area contributed by atoms with E-state index in [1.807, 2.05) is 6.07 Å². The molecule has 1 aromatic heterocycles. The van der Waals surface area contributed by atoms with E-state index in [9.17, 15) is 9.18 Å². The highest BCUT2D eigenvalue weighted by atomic mass is 19.1. The Bertz CT molecular complexity index is 1300. The number of piperazine rings is 1. The van der Waals surface area contributed by atoms with Crippen molar-refractivity contribution in [3.05, 3.63) is 54.4 Å². The van der Waals surface area contributed by atoms with Crippen molar-refractivity contribution in [2.75, 3.05) is 30.4 Å². The summed E-state index contributed by atoms with van der Waals surface area (Å²) in [7, 11) is 1.67. The molecule has 2 atom stereocenters. The Labute approximate surface area is 209 Å². The minimum absolute atomic E-state index is 0.0984. The number of hydrogen-bond donors (Lipinski definition) is 2. The fourth-order valence-electron chi connectivity index (χ4n) is 4.79. The van der Waals surface area contributed by atoms with Crippen molar-refractivity contribution >= 4 is 34.0 Å². The fourth-order valence-corrected chi connectivity index (χ4v) is 4.79. The summed E-state index contributed by atoms with van der Waals surface area (Å²) in [6, 6.07) is 3.83. The van der Waals surface area contributed by atoms with E-state index in [1.165, 1.54) is 28.0 Å². The standard InChI is InChI=1S/C26H31F2N7O/c1-5-33(4)31-22-9-8-18(10-20(22)27)30-25-24-21(28)11-19(34-13-15(2)29-16(3)14-34)12-23(24)35(32-25)26(36)17-6-7-17/h5,8,10-12,15-17,29H,1,6-7,9,13-14H2,2-4H3,(H,30,32)/b31-22+. The summed E-state index contributed by atoms with van der Waals surface area (Å²) < 4.78 is 31.6. The Morgan fingerprint density at radius 1 is 1.28 bits per heavy atom. The number of allylic oxidation sites excluding steroid dienone is 3. The number of hydrogen-bond acceptors (Lipinski definition) is 7. The van der Waals surface area contributed by atoms with Crippen molar-refractivity contribution in [2.45, 2.75) is 45.2 Å². The van der Waals surface area contributed by atoms with Gasteiger partial charge in [0.1, 0.15) is 17.4 Å². The first-order valence-corrected chi connectivity index (χ1v) is 12.3. The Balaban J connectivity index is 1.51. The molecule has 1 saturated carbocycles. The second-order valence-corrected chi connectivity index (χ2v) is 9.85. The number of hydrazone groups is 1. The fraction of sp³-hybridized carbons (Fsp3) is 0.423. The first-order chi connectivity index (χ1) is 17.2. The topological polar surface area (TPSA) is 77.8 Å². The van der Waals surface area contributed by atoms with Gasteiger partial charge in [-0.3, -0.25) is 9.80 Å². The van der Waals surface area contributed by atoms with Gasteiger partial charge in [-0.1, -0.05) is 12.7 Å². The van der Waals surface area contributed by atoms with Gasteiger partial charge in [0.25, 0.3) is 5.91 Å². The maximum atomic E-state index is 15.6. The van der Waals surface area contributed by atoms with Gasteiger partial charge in [-0.2, -0.15) is 9.78 Å². The lowest BCUT2D eigenvalue weighted by Gasteiger charge is -2.37. The van der Waals surface area contributed by atoms with Gasteiger partial charge in [0, 0.05) is 62.1 Å². The van der Waals surface area contributed by atoms with E-state index in [1.54, 1.807) is 13.1 Å². The highest BCUT2D eigenvalue weighted by Gasteiger charge is 2.34. The van der Waals surface area contributed by atoms with E-state index in [2.05, 4.69) is 46.2 Å². The summed E-state index contributed by atoms with van der Waals surface area (Å²) in [6.45, 7) is 9.25. The molecule has 2 unspecified atom stereocenters. The van der Waals surface area contributed by atoms with E-state index in [-0.39, 0.29) is 47.2 Å². The highest BCUT2D eigenvalue weighted by molar-refractivity contribution is 6.02. The summed E-state index contributed by atoms with van der Waals surface area (Å²) >= 11 is 0. The average Bonchev–Trinajstić information content (AvgIpc) is 3.62. The predicted molar refractivity (Wildman–Crippen MR) is 138 cm³/mol. The molecular formula is C26H31F2N7O.